The average molecular weight is 206 g/mol. The third-order valence-corrected chi connectivity index (χ3v) is 0.969. The van der Waals surface area contributed by atoms with Crippen LogP contribution in [0.4, 0.5) is 0 Å². The smallest absolute Gasteiger partial charge is 0.333 e. The molecule has 0 spiro atoms. The summed E-state index contributed by atoms with van der Waals surface area (Å²) in [6, 6.07) is 0. The van der Waals surface area contributed by atoms with Gasteiger partial charge in [-0.1, -0.05) is 6.58 Å². The largest absolute Gasteiger partial charge is 0.460 e. The zero-order chi connectivity index (χ0) is 11.4. The highest BCUT2D eigenvalue weighted by Gasteiger charge is 2.00. The summed E-state index contributed by atoms with van der Waals surface area (Å²) in [4.78, 5) is 10.6. The Hall–Kier alpha value is -0.910. The van der Waals surface area contributed by atoms with Gasteiger partial charge in [-0.15, -0.1) is 0 Å². The number of aliphatic hydroxyl groups excluding tert-OH is 2. The Bertz CT molecular complexity index is 153. The van der Waals surface area contributed by atoms with E-state index >= 15 is 0 Å². The minimum absolute atomic E-state index is 0.125. The maximum Gasteiger partial charge on any atom is 0.333 e. The Morgan fingerprint density at radius 3 is 2.07 bits per heavy atom. The SMILES string of the molecule is C=C(C)C(=O)OCCOC.OCCO. The summed E-state index contributed by atoms with van der Waals surface area (Å²) in [5.74, 6) is -0.364. The van der Waals surface area contributed by atoms with Crippen molar-refractivity contribution in [2.75, 3.05) is 33.5 Å². The van der Waals surface area contributed by atoms with Gasteiger partial charge in [-0.2, -0.15) is 0 Å². The summed E-state index contributed by atoms with van der Waals surface area (Å²) in [7, 11) is 1.55. The monoisotopic (exact) mass is 206 g/mol. The first kappa shape index (κ1) is 15.6. The molecule has 0 bridgehead atoms. The Kier molecular flexibility index (Phi) is 13.4. The van der Waals surface area contributed by atoms with E-state index in [1.54, 1.807) is 14.0 Å². The minimum Gasteiger partial charge on any atom is -0.460 e. The number of carbonyl (C=O) groups excluding carboxylic acids is 1. The molecule has 0 aliphatic rings. The second-order valence-corrected chi connectivity index (χ2v) is 2.36. The van der Waals surface area contributed by atoms with E-state index in [1.165, 1.54) is 0 Å². The number of aliphatic hydroxyl groups is 2. The van der Waals surface area contributed by atoms with Crippen LogP contribution in [0, 0.1) is 0 Å². The van der Waals surface area contributed by atoms with Gasteiger partial charge in [0.1, 0.15) is 6.61 Å². The molecule has 0 aromatic rings. The van der Waals surface area contributed by atoms with Crippen molar-refractivity contribution in [1.82, 2.24) is 0 Å². The van der Waals surface area contributed by atoms with Crippen LogP contribution < -0.4 is 0 Å². The molecule has 0 amide bonds. The van der Waals surface area contributed by atoms with Gasteiger partial charge >= 0.3 is 5.97 Å². The minimum atomic E-state index is -0.364. The summed E-state index contributed by atoms with van der Waals surface area (Å²) < 4.78 is 9.35. The summed E-state index contributed by atoms with van der Waals surface area (Å²) in [6.45, 7) is 5.50. The number of ether oxygens (including phenoxy) is 2. The Balaban J connectivity index is 0. The summed E-state index contributed by atoms with van der Waals surface area (Å²) in [5.41, 5.74) is 0.413. The summed E-state index contributed by atoms with van der Waals surface area (Å²) in [6.07, 6.45) is 0. The third-order valence-electron chi connectivity index (χ3n) is 0.969. The van der Waals surface area contributed by atoms with Crippen LogP contribution in [0.1, 0.15) is 6.92 Å². The fourth-order valence-corrected chi connectivity index (χ4v) is 0.341. The van der Waals surface area contributed by atoms with Crippen molar-refractivity contribution < 1.29 is 24.5 Å². The van der Waals surface area contributed by atoms with Crippen molar-refractivity contribution >= 4 is 5.97 Å². The Morgan fingerprint density at radius 1 is 1.29 bits per heavy atom. The third kappa shape index (κ3) is 13.7. The molecule has 0 unspecified atom stereocenters. The first-order chi connectivity index (χ1) is 6.59. The van der Waals surface area contributed by atoms with Gasteiger partial charge in [-0.3, -0.25) is 0 Å². The molecule has 84 valence electrons. The van der Waals surface area contributed by atoms with Crippen LogP contribution in [0.2, 0.25) is 0 Å². The zero-order valence-electron chi connectivity index (χ0n) is 8.65. The molecule has 0 atom stereocenters. The fraction of sp³-hybridized carbons (Fsp3) is 0.667. The lowest BCUT2D eigenvalue weighted by Gasteiger charge is -2.01. The quantitative estimate of drug-likeness (QED) is 0.367. The van der Waals surface area contributed by atoms with E-state index in [4.69, 9.17) is 10.2 Å². The molecule has 14 heavy (non-hydrogen) atoms. The van der Waals surface area contributed by atoms with Gasteiger partial charge in [0.25, 0.3) is 0 Å². The van der Waals surface area contributed by atoms with Crippen molar-refractivity contribution in [3.05, 3.63) is 12.2 Å². The van der Waals surface area contributed by atoms with Gasteiger partial charge in [0.2, 0.25) is 0 Å². The highest BCUT2D eigenvalue weighted by molar-refractivity contribution is 5.86. The van der Waals surface area contributed by atoms with Gasteiger partial charge in [0.05, 0.1) is 19.8 Å². The zero-order valence-corrected chi connectivity index (χ0v) is 8.65. The predicted octanol–water partition coefficient (Wildman–Crippen LogP) is -0.277. The van der Waals surface area contributed by atoms with Crippen LogP contribution in [-0.2, 0) is 14.3 Å². The van der Waals surface area contributed by atoms with Gasteiger partial charge in [0.15, 0.2) is 0 Å². The molecule has 5 nitrogen and oxygen atoms in total. The highest BCUT2D eigenvalue weighted by atomic mass is 16.6. The van der Waals surface area contributed by atoms with Gasteiger partial charge in [0, 0.05) is 12.7 Å². The number of rotatable bonds is 5. The summed E-state index contributed by atoms with van der Waals surface area (Å²) in [5, 5.41) is 15.2. The van der Waals surface area contributed by atoms with E-state index in [1.807, 2.05) is 0 Å². The van der Waals surface area contributed by atoms with Crippen LogP contribution in [0.3, 0.4) is 0 Å². The molecule has 0 saturated heterocycles. The van der Waals surface area contributed by atoms with E-state index in [0.29, 0.717) is 18.8 Å². The molecule has 0 aliphatic carbocycles. The van der Waals surface area contributed by atoms with E-state index in [0.717, 1.165) is 0 Å². The Labute approximate surface area is 84.0 Å². The second kappa shape index (κ2) is 12.1. The van der Waals surface area contributed by atoms with Crippen molar-refractivity contribution in [1.29, 1.82) is 0 Å². The van der Waals surface area contributed by atoms with Gasteiger partial charge in [-0.25, -0.2) is 4.79 Å². The molecule has 0 aromatic carbocycles. The van der Waals surface area contributed by atoms with Gasteiger partial charge in [-0.05, 0) is 6.92 Å². The van der Waals surface area contributed by atoms with Crippen molar-refractivity contribution in [2.24, 2.45) is 0 Å². The lowest BCUT2D eigenvalue weighted by Crippen LogP contribution is -2.09. The first-order valence-electron chi connectivity index (χ1n) is 4.13. The predicted molar refractivity (Wildman–Crippen MR) is 51.8 cm³/mol. The number of hydrogen-bond acceptors (Lipinski definition) is 5. The maximum atomic E-state index is 10.6. The van der Waals surface area contributed by atoms with Crippen molar-refractivity contribution in [2.45, 2.75) is 6.92 Å². The Morgan fingerprint density at radius 2 is 1.79 bits per heavy atom. The van der Waals surface area contributed by atoms with E-state index in [9.17, 15) is 4.79 Å². The lowest BCUT2D eigenvalue weighted by molar-refractivity contribution is -0.140. The second-order valence-electron chi connectivity index (χ2n) is 2.36. The van der Waals surface area contributed by atoms with E-state index < -0.39 is 0 Å². The molecule has 0 rings (SSSR count). The topological polar surface area (TPSA) is 76.0 Å². The molecule has 5 heteroatoms. The number of methoxy groups -OCH3 is 1. The molecule has 0 radical (unpaired) electrons. The van der Waals surface area contributed by atoms with Crippen molar-refractivity contribution in [3.8, 4) is 0 Å². The fourth-order valence-electron chi connectivity index (χ4n) is 0.341. The van der Waals surface area contributed by atoms with Crippen molar-refractivity contribution in [3.63, 3.8) is 0 Å². The normalized spacial score (nSPS) is 8.57. The van der Waals surface area contributed by atoms with Crippen LogP contribution in [0.15, 0.2) is 12.2 Å². The number of carbonyl (C=O) groups is 1. The average Bonchev–Trinajstić information content (AvgIpc) is 2.18. The summed E-state index contributed by atoms with van der Waals surface area (Å²) >= 11 is 0. The molecule has 2 N–H and O–H groups in total. The van der Waals surface area contributed by atoms with Crippen LogP contribution in [-0.4, -0.2) is 49.7 Å². The molecule has 0 saturated carbocycles. The number of esters is 1. The molecule has 0 heterocycles. The first-order valence-corrected chi connectivity index (χ1v) is 4.13. The molecular weight excluding hydrogens is 188 g/mol. The van der Waals surface area contributed by atoms with Crippen LogP contribution in [0.5, 0.6) is 0 Å². The molecule has 0 aromatic heterocycles. The van der Waals surface area contributed by atoms with E-state index in [2.05, 4.69) is 16.1 Å². The highest BCUT2D eigenvalue weighted by Crippen LogP contribution is 1.90. The number of hydrogen-bond donors (Lipinski definition) is 2. The van der Waals surface area contributed by atoms with Crippen LogP contribution >= 0.6 is 0 Å². The molecule has 0 fully saturated rings. The van der Waals surface area contributed by atoms with Crippen LogP contribution in [0.25, 0.3) is 0 Å². The molecule has 0 aliphatic heterocycles. The standard InChI is InChI=1S/C7H12O3.C2H6O2/c1-6(2)7(8)10-5-4-9-3;3-1-2-4/h1,4-5H2,2-3H3;3-4H,1-2H2. The van der Waals surface area contributed by atoms with Gasteiger partial charge < -0.3 is 19.7 Å². The van der Waals surface area contributed by atoms with E-state index in [-0.39, 0.29) is 19.2 Å². The molecular formula is C9H18O5. The maximum absolute atomic E-state index is 10.6. The lowest BCUT2D eigenvalue weighted by atomic mass is 10.4.